The Morgan fingerprint density at radius 2 is 1.97 bits per heavy atom. The summed E-state index contributed by atoms with van der Waals surface area (Å²) >= 11 is 5.68. The summed E-state index contributed by atoms with van der Waals surface area (Å²) < 4.78 is 16.9. The normalized spacial score (nSPS) is 24.0. The first-order valence-corrected chi connectivity index (χ1v) is 10.7. The van der Waals surface area contributed by atoms with Crippen molar-refractivity contribution in [3.63, 3.8) is 0 Å². The van der Waals surface area contributed by atoms with E-state index in [0.717, 1.165) is 23.5 Å². The second-order valence-electron chi connectivity index (χ2n) is 7.82. The van der Waals surface area contributed by atoms with Crippen LogP contribution in [0.25, 0.3) is 0 Å². The van der Waals surface area contributed by atoms with E-state index in [9.17, 15) is 4.79 Å². The number of rotatable bonds is 7. The summed E-state index contributed by atoms with van der Waals surface area (Å²) in [7, 11) is 3.28. The van der Waals surface area contributed by atoms with Crippen LogP contribution in [0, 0.1) is 5.92 Å². The van der Waals surface area contributed by atoms with Crippen molar-refractivity contribution in [1.82, 2.24) is 10.2 Å². The van der Waals surface area contributed by atoms with Gasteiger partial charge >= 0.3 is 0 Å². The predicted molar refractivity (Wildman–Crippen MR) is 122 cm³/mol. The number of nitrogens with one attached hydrogen (secondary N) is 2. The van der Waals surface area contributed by atoms with Gasteiger partial charge in [-0.3, -0.25) is 4.79 Å². The average Bonchev–Trinajstić information content (AvgIpc) is 2.76. The van der Waals surface area contributed by atoms with E-state index in [1.54, 1.807) is 14.2 Å². The summed E-state index contributed by atoms with van der Waals surface area (Å²) in [5.74, 6) is 0.820. The summed E-state index contributed by atoms with van der Waals surface area (Å²) in [6.45, 7) is 3.14. The van der Waals surface area contributed by atoms with E-state index in [1.807, 2.05) is 60.4 Å². The lowest BCUT2D eigenvalue weighted by atomic mass is 9.78. The molecule has 0 saturated carbocycles. The van der Waals surface area contributed by atoms with E-state index in [1.165, 1.54) is 0 Å². The molecule has 1 fully saturated rings. The second-order valence-corrected chi connectivity index (χ2v) is 8.20. The number of thiocarbonyl (C=S) groups is 1. The number of carbonyl (C=O) groups excluding carboxylic acids is 1. The van der Waals surface area contributed by atoms with Crippen molar-refractivity contribution >= 4 is 28.9 Å². The molecule has 7 nitrogen and oxygen atoms in total. The Kier molecular flexibility index (Phi) is 6.02. The molecule has 0 radical (unpaired) electrons. The number of amides is 1. The summed E-state index contributed by atoms with van der Waals surface area (Å²) in [5.41, 5.74) is 0.680. The Hall–Kier alpha value is -2.84. The van der Waals surface area contributed by atoms with Crippen LogP contribution in [0.15, 0.2) is 48.5 Å². The molecule has 4 rings (SSSR count). The van der Waals surface area contributed by atoms with Gasteiger partial charge in [-0.05, 0) is 55.9 Å². The highest BCUT2D eigenvalue weighted by atomic mass is 32.1. The third-order valence-corrected chi connectivity index (χ3v) is 6.25. The fourth-order valence-corrected chi connectivity index (χ4v) is 4.78. The molecule has 2 aromatic rings. The van der Waals surface area contributed by atoms with Gasteiger partial charge in [0.1, 0.15) is 17.4 Å². The Morgan fingerprint density at radius 3 is 2.68 bits per heavy atom. The van der Waals surface area contributed by atoms with Crippen LogP contribution in [0.5, 0.6) is 11.5 Å². The molecular formula is C23H27N3O4S. The molecule has 164 valence electrons. The fraction of sp³-hybridized carbons (Fsp3) is 0.391. The molecule has 8 heteroatoms. The quantitative estimate of drug-likeness (QED) is 0.504. The lowest BCUT2D eigenvalue weighted by Gasteiger charge is -2.56. The molecule has 2 aromatic carbocycles. The van der Waals surface area contributed by atoms with Crippen molar-refractivity contribution in [1.29, 1.82) is 0 Å². The van der Waals surface area contributed by atoms with Crippen molar-refractivity contribution in [2.24, 2.45) is 5.92 Å². The van der Waals surface area contributed by atoms with Gasteiger partial charge in [0.2, 0.25) is 5.91 Å². The standard InChI is InChI=1S/C23H27N3O4S/c1-23-19(21(27)24-15-9-11-16(29-3)12-10-15)20(17-7-4-5-8-18(17)30-23)25-22(31)26(23)13-6-14-28-2/h4-5,7-12,19-20H,6,13-14H2,1-3H3,(H,24,27)(H,25,31). The van der Waals surface area contributed by atoms with E-state index >= 15 is 0 Å². The molecule has 2 heterocycles. The van der Waals surface area contributed by atoms with E-state index < -0.39 is 11.6 Å². The number of methoxy groups -OCH3 is 2. The van der Waals surface area contributed by atoms with Crippen molar-refractivity contribution in [2.75, 3.05) is 32.7 Å². The maximum Gasteiger partial charge on any atom is 0.236 e. The monoisotopic (exact) mass is 441 g/mol. The highest BCUT2D eigenvalue weighted by Crippen LogP contribution is 2.48. The molecule has 0 aromatic heterocycles. The van der Waals surface area contributed by atoms with Gasteiger partial charge in [0.05, 0.1) is 13.2 Å². The smallest absolute Gasteiger partial charge is 0.236 e. The number of carbonyl (C=O) groups is 1. The number of hydrogen-bond acceptors (Lipinski definition) is 5. The molecule has 2 aliphatic heterocycles. The number of nitrogens with zero attached hydrogens (tertiary/aromatic N) is 1. The van der Waals surface area contributed by atoms with Crippen molar-refractivity contribution < 1.29 is 19.0 Å². The Bertz CT molecular complexity index is 968. The molecule has 2 N–H and O–H groups in total. The van der Waals surface area contributed by atoms with Gasteiger partial charge in [0.25, 0.3) is 0 Å². The molecule has 2 bridgehead atoms. The minimum absolute atomic E-state index is 0.140. The van der Waals surface area contributed by atoms with Gasteiger partial charge in [0, 0.05) is 31.5 Å². The maximum atomic E-state index is 13.6. The summed E-state index contributed by atoms with van der Waals surface area (Å²) in [6.07, 6.45) is 0.760. The zero-order chi connectivity index (χ0) is 22.0. The SMILES string of the molecule is COCCCN1C(=S)NC2c3ccccc3OC1(C)C2C(=O)Nc1ccc(OC)cc1. The molecule has 2 aliphatic rings. The van der Waals surface area contributed by atoms with Gasteiger partial charge in [-0.25, -0.2) is 0 Å². The molecule has 0 aliphatic carbocycles. The first-order valence-electron chi connectivity index (χ1n) is 10.3. The second kappa shape index (κ2) is 8.72. The Labute approximate surface area is 187 Å². The largest absolute Gasteiger partial charge is 0.497 e. The third kappa shape index (κ3) is 3.93. The zero-order valence-electron chi connectivity index (χ0n) is 17.9. The average molecular weight is 442 g/mol. The highest BCUT2D eigenvalue weighted by Gasteiger charge is 2.58. The molecule has 3 unspecified atom stereocenters. The molecule has 31 heavy (non-hydrogen) atoms. The summed E-state index contributed by atoms with van der Waals surface area (Å²) in [4.78, 5) is 15.5. The number of para-hydroxylation sites is 1. The van der Waals surface area contributed by atoms with Crippen LogP contribution < -0.4 is 20.1 Å². The maximum absolute atomic E-state index is 13.6. The van der Waals surface area contributed by atoms with E-state index in [2.05, 4.69) is 10.6 Å². The van der Waals surface area contributed by atoms with Crippen LogP contribution in [0.2, 0.25) is 0 Å². The van der Waals surface area contributed by atoms with E-state index in [-0.39, 0.29) is 11.9 Å². The van der Waals surface area contributed by atoms with Crippen LogP contribution in [-0.2, 0) is 9.53 Å². The molecular weight excluding hydrogens is 414 g/mol. The Balaban J connectivity index is 1.68. The summed E-state index contributed by atoms with van der Waals surface area (Å²) in [6, 6.07) is 14.8. The molecule has 0 spiro atoms. The molecule has 1 amide bonds. The molecule has 3 atom stereocenters. The first-order chi connectivity index (χ1) is 15.0. The summed E-state index contributed by atoms with van der Waals surface area (Å²) in [5, 5.41) is 7.01. The minimum Gasteiger partial charge on any atom is -0.497 e. The van der Waals surface area contributed by atoms with Crippen molar-refractivity contribution in [2.45, 2.75) is 25.1 Å². The van der Waals surface area contributed by atoms with Gasteiger partial charge in [-0.2, -0.15) is 0 Å². The number of anilines is 1. The zero-order valence-corrected chi connectivity index (χ0v) is 18.7. The van der Waals surface area contributed by atoms with Crippen LogP contribution in [0.1, 0.15) is 24.9 Å². The predicted octanol–water partition coefficient (Wildman–Crippen LogP) is 3.33. The van der Waals surface area contributed by atoms with Crippen LogP contribution in [0.4, 0.5) is 5.69 Å². The van der Waals surface area contributed by atoms with Gasteiger partial charge < -0.3 is 29.7 Å². The van der Waals surface area contributed by atoms with Crippen LogP contribution >= 0.6 is 12.2 Å². The van der Waals surface area contributed by atoms with E-state index in [0.29, 0.717) is 24.0 Å². The van der Waals surface area contributed by atoms with Crippen LogP contribution in [0.3, 0.4) is 0 Å². The van der Waals surface area contributed by atoms with Crippen molar-refractivity contribution in [3.8, 4) is 11.5 Å². The number of hydrogen-bond donors (Lipinski definition) is 2. The number of benzene rings is 2. The molecule has 1 saturated heterocycles. The highest BCUT2D eigenvalue weighted by molar-refractivity contribution is 7.80. The number of ether oxygens (including phenoxy) is 3. The van der Waals surface area contributed by atoms with Gasteiger partial charge in [0.15, 0.2) is 10.8 Å². The van der Waals surface area contributed by atoms with E-state index in [4.69, 9.17) is 26.4 Å². The number of fused-ring (bicyclic) bond motifs is 4. The van der Waals surface area contributed by atoms with Crippen molar-refractivity contribution in [3.05, 3.63) is 54.1 Å². The third-order valence-electron chi connectivity index (χ3n) is 5.91. The lowest BCUT2D eigenvalue weighted by molar-refractivity contribution is -0.149. The van der Waals surface area contributed by atoms with Gasteiger partial charge in [-0.1, -0.05) is 18.2 Å². The fourth-order valence-electron chi connectivity index (χ4n) is 4.38. The topological polar surface area (TPSA) is 72.1 Å². The Morgan fingerprint density at radius 1 is 1.23 bits per heavy atom. The minimum atomic E-state index is -0.939. The first kappa shape index (κ1) is 21.4. The lowest BCUT2D eigenvalue weighted by Crippen LogP contribution is -2.71. The van der Waals surface area contributed by atoms with Crippen LogP contribution in [-0.4, -0.2) is 49.0 Å². The van der Waals surface area contributed by atoms with Gasteiger partial charge in [-0.15, -0.1) is 0 Å².